The predicted molar refractivity (Wildman–Crippen MR) is 64.1 cm³/mol. The van der Waals surface area contributed by atoms with Gasteiger partial charge in [-0.2, -0.15) is 0 Å². The molecule has 0 aromatic heterocycles. The molecule has 16 heavy (non-hydrogen) atoms. The standard InChI is InChI=1S/C12H23N3O/c1-2-15(11-5-6-11)12(16)9-14-7-3-4-10(13)8-14/h10-11H,2-9,13H2,1H3/t10-/m1/s1. The summed E-state index contributed by atoms with van der Waals surface area (Å²) in [6, 6.07) is 0.800. The van der Waals surface area contributed by atoms with E-state index < -0.39 is 0 Å². The SMILES string of the molecule is CCN(C(=O)CN1CCC[C@@H](N)C1)C1CC1. The molecule has 2 fully saturated rings. The van der Waals surface area contributed by atoms with Crippen molar-refractivity contribution in [3.63, 3.8) is 0 Å². The van der Waals surface area contributed by atoms with Crippen molar-refractivity contribution in [2.75, 3.05) is 26.2 Å². The Bertz CT molecular complexity index is 253. The van der Waals surface area contributed by atoms with Crippen LogP contribution in [0.3, 0.4) is 0 Å². The maximum Gasteiger partial charge on any atom is 0.236 e. The molecule has 1 aliphatic heterocycles. The third kappa shape index (κ3) is 2.95. The van der Waals surface area contributed by atoms with Crippen molar-refractivity contribution in [2.45, 2.75) is 44.7 Å². The highest BCUT2D eigenvalue weighted by molar-refractivity contribution is 5.78. The normalized spacial score (nSPS) is 26.8. The molecule has 1 amide bonds. The minimum Gasteiger partial charge on any atom is -0.339 e. The number of nitrogens with zero attached hydrogens (tertiary/aromatic N) is 2. The van der Waals surface area contributed by atoms with Gasteiger partial charge in [0, 0.05) is 25.2 Å². The van der Waals surface area contributed by atoms with Crippen LogP contribution in [0.15, 0.2) is 0 Å². The van der Waals surface area contributed by atoms with Crippen LogP contribution in [0.2, 0.25) is 0 Å². The van der Waals surface area contributed by atoms with Crippen LogP contribution in [0.5, 0.6) is 0 Å². The smallest absolute Gasteiger partial charge is 0.236 e. The van der Waals surface area contributed by atoms with Crippen molar-refractivity contribution in [1.82, 2.24) is 9.80 Å². The lowest BCUT2D eigenvalue weighted by molar-refractivity contribution is -0.133. The number of likely N-dealkylation sites (N-methyl/N-ethyl adjacent to an activating group) is 1. The molecule has 0 spiro atoms. The van der Waals surface area contributed by atoms with Gasteiger partial charge in [0.2, 0.25) is 5.91 Å². The monoisotopic (exact) mass is 225 g/mol. The van der Waals surface area contributed by atoms with E-state index in [1.54, 1.807) is 0 Å². The van der Waals surface area contributed by atoms with E-state index in [2.05, 4.69) is 11.8 Å². The fourth-order valence-electron chi connectivity index (χ4n) is 2.54. The first kappa shape index (κ1) is 11.9. The summed E-state index contributed by atoms with van der Waals surface area (Å²) in [5.41, 5.74) is 5.92. The zero-order chi connectivity index (χ0) is 11.5. The molecule has 0 radical (unpaired) electrons. The number of nitrogens with two attached hydrogens (primary N) is 1. The molecule has 92 valence electrons. The second kappa shape index (κ2) is 5.15. The van der Waals surface area contributed by atoms with Gasteiger partial charge in [-0.05, 0) is 39.2 Å². The molecule has 2 aliphatic rings. The van der Waals surface area contributed by atoms with Crippen LogP contribution in [0.4, 0.5) is 0 Å². The Morgan fingerprint density at radius 3 is 2.75 bits per heavy atom. The summed E-state index contributed by atoms with van der Waals surface area (Å²) in [7, 11) is 0. The van der Waals surface area contributed by atoms with Crippen LogP contribution in [-0.4, -0.2) is 54.0 Å². The number of likely N-dealkylation sites (tertiary alicyclic amines) is 1. The Morgan fingerprint density at radius 2 is 2.19 bits per heavy atom. The molecule has 1 atom stereocenters. The van der Waals surface area contributed by atoms with Crippen molar-refractivity contribution in [3.05, 3.63) is 0 Å². The third-order valence-corrected chi connectivity index (χ3v) is 3.55. The highest BCUT2D eigenvalue weighted by Gasteiger charge is 2.32. The largest absolute Gasteiger partial charge is 0.339 e. The van der Waals surface area contributed by atoms with Crippen molar-refractivity contribution >= 4 is 5.91 Å². The summed E-state index contributed by atoms with van der Waals surface area (Å²) in [4.78, 5) is 16.3. The van der Waals surface area contributed by atoms with E-state index in [4.69, 9.17) is 5.73 Å². The van der Waals surface area contributed by atoms with Gasteiger partial charge in [-0.3, -0.25) is 9.69 Å². The lowest BCUT2D eigenvalue weighted by Crippen LogP contribution is -2.48. The van der Waals surface area contributed by atoms with Gasteiger partial charge in [0.1, 0.15) is 0 Å². The van der Waals surface area contributed by atoms with Gasteiger partial charge in [0.05, 0.1) is 6.54 Å². The van der Waals surface area contributed by atoms with E-state index in [0.29, 0.717) is 18.5 Å². The Balaban J connectivity index is 1.80. The molecule has 4 heteroatoms. The summed E-state index contributed by atoms with van der Waals surface area (Å²) in [6.45, 7) is 5.40. The summed E-state index contributed by atoms with van der Waals surface area (Å²) in [5, 5.41) is 0. The van der Waals surface area contributed by atoms with Crippen LogP contribution in [0, 0.1) is 0 Å². The van der Waals surface area contributed by atoms with Crippen LogP contribution in [0.25, 0.3) is 0 Å². The fraction of sp³-hybridized carbons (Fsp3) is 0.917. The molecule has 2 rings (SSSR count). The molecule has 0 bridgehead atoms. The highest BCUT2D eigenvalue weighted by atomic mass is 16.2. The molecule has 1 aliphatic carbocycles. The molecular weight excluding hydrogens is 202 g/mol. The first-order valence-electron chi connectivity index (χ1n) is 6.48. The van der Waals surface area contributed by atoms with Gasteiger partial charge in [0.15, 0.2) is 0 Å². The Morgan fingerprint density at radius 1 is 1.44 bits per heavy atom. The number of rotatable bonds is 4. The van der Waals surface area contributed by atoms with Crippen molar-refractivity contribution in [1.29, 1.82) is 0 Å². The van der Waals surface area contributed by atoms with Crippen molar-refractivity contribution < 1.29 is 4.79 Å². The zero-order valence-electron chi connectivity index (χ0n) is 10.2. The number of carbonyl (C=O) groups excluding carboxylic acids is 1. The van der Waals surface area contributed by atoms with E-state index in [0.717, 1.165) is 32.5 Å². The average Bonchev–Trinajstić information content (AvgIpc) is 3.03. The van der Waals surface area contributed by atoms with Crippen LogP contribution >= 0.6 is 0 Å². The number of hydrogen-bond donors (Lipinski definition) is 1. The highest BCUT2D eigenvalue weighted by Crippen LogP contribution is 2.26. The maximum absolute atomic E-state index is 12.1. The zero-order valence-corrected chi connectivity index (χ0v) is 10.2. The molecule has 2 N–H and O–H groups in total. The van der Waals surface area contributed by atoms with Gasteiger partial charge in [-0.1, -0.05) is 0 Å². The van der Waals surface area contributed by atoms with Gasteiger partial charge >= 0.3 is 0 Å². The fourth-order valence-corrected chi connectivity index (χ4v) is 2.54. The summed E-state index contributed by atoms with van der Waals surface area (Å²) >= 11 is 0. The Hall–Kier alpha value is -0.610. The topological polar surface area (TPSA) is 49.6 Å². The Kier molecular flexibility index (Phi) is 3.82. The minimum atomic E-state index is 0.262. The summed E-state index contributed by atoms with van der Waals surface area (Å²) in [5.74, 6) is 0.291. The number of carbonyl (C=O) groups is 1. The van der Waals surface area contributed by atoms with Gasteiger partial charge < -0.3 is 10.6 Å². The maximum atomic E-state index is 12.1. The molecule has 0 aromatic rings. The summed E-state index contributed by atoms with van der Waals surface area (Å²) < 4.78 is 0. The molecule has 1 saturated heterocycles. The number of hydrogen-bond acceptors (Lipinski definition) is 3. The van der Waals surface area contributed by atoms with E-state index >= 15 is 0 Å². The molecule has 4 nitrogen and oxygen atoms in total. The van der Waals surface area contributed by atoms with Crippen LogP contribution in [0.1, 0.15) is 32.6 Å². The van der Waals surface area contributed by atoms with Gasteiger partial charge in [-0.15, -0.1) is 0 Å². The molecule has 1 saturated carbocycles. The Labute approximate surface area is 97.8 Å². The lowest BCUT2D eigenvalue weighted by Gasteiger charge is -2.32. The lowest BCUT2D eigenvalue weighted by atomic mass is 10.1. The van der Waals surface area contributed by atoms with E-state index in [-0.39, 0.29) is 6.04 Å². The predicted octanol–water partition coefficient (Wildman–Crippen LogP) is 0.420. The van der Waals surface area contributed by atoms with E-state index in [1.165, 1.54) is 12.8 Å². The molecular formula is C12H23N3O. The first-order valence-corrected chi connectivity index (χ1v) is 6.48. The summed E-state index contributed by atoms with van der Waals surface area (Å²) in [6.07, 6.45) is 4.62. The average molecular weight is 225 g/mol. The van der Waals surface area contributed by atoms with E-state index in [9.17, 15) is 4.79 Å². The molecule has 0 aromatic carbocycles. The van der Waals surface area contributed by atoms with Crippen LogP contribution in [-0.2, 0) is 4.79 Å². The quantitative estimate of drug-likeness (QED) is 0.754. The van der Waals surface area contributed by atoms with Crippen LogP contribution < -0.4 is 5.73 Å². The second-order valence-electron chi connectivity index (χ2n) is 5.05. The first-order chi connectivity index (χ1) is 7.70. The number of piperidine rings is 1. The van der Waals surface area contributed by atoms with Gasteiger partial charge in [-0.25, -0.2) is 0 Å². The van der Waals surface area contributed by atoms with E-state index in [1.807, 2.05) is 4.90 Å². The minimum absolute atomic E-state index is 0.262. The number of amides is 1. The second-order valence-corrected chi connectivity index (χ2v) is 5.05. The molecule has 0 unspecified atom stereocenters. The molecule has 1 heterocycles. The third-order valence-electron chi connectivity index (χ3n) is 3.55. The van der Waals surface area contributed by atoms with Crippen molar-refractivity contribution in [2.24, 2.45) is 5.73 Å². The van der Waals surface area contributed by atoms with Gasteiger partial charge in [0.25, 0.3) is 0 Å². The van der Waals surface area contributed by atoms with Crippen molar-refractivity contribution in [3.8, 4) is 0 Å².